The Morgan fingerprint density at radius 3 is 1.84 bits per heavy atom. The number of ether oxygens (including phenoxy) is 1. The molecule has 2 amide bonds. The molecule has 0 bridgehead atoms. The van der Waals surface area contributed by atoms with Gasteiger partial charge >= 0.3 is 0 Å². The molecule has 1 saturated heterocycles. The third-order valence-corrected chi connectivity index (χ3v) is 5.83. The van der Waals surface area contributed by atoms with Gasteiger partial charge in [-0.3, -0.25) is 28.9 Å². The van der Waals surface area contributed by atoms with Crippen LogP contribution in [0.2, 0.25) is 0 Å². The summed E-state index contributed by atoms with van der Waals surface area (Å²) in [6, 6.07) is 2.90. The summed E-state index contributed by atoms with van der Waals surface area (Å²) in [5.41, 5.74) is -7.11. The van der Waals surface area contributed by atoms with Crippen LogP contribution in [0.25, 0.3) is 0 Å². The number of rotatable bonds is 5. The topological polar surface area (TPSA) is 159 Å². The molecule has 1 unspecified atom stereocenters. The zero-order chi connectivity index (χ0) is 23.5. The van der Waals surface area contributed by atoms with Crippen molar-refractivity contribution in [1.29, 1.82) is 0 Å². The number of amides is 2. The molecule has 11 heteroatoms. The van der Waals surface area contributed by atoms with E-state index in [9.17, 15) is 39.3 Å². The number of carbonyl (C=O) groups is 5. The van der Waals surface area contributed by atoms with Gasteiger partial charge in [-0.2, -0.15) is 0 Å². The van der Waals surface area contributed by atoms with E-state index in [-0.39, 0.29) is 16.0 Å². The Bertz CT molecular complexity index is 975. The van der Waals surface area contributed by atoms with Crippen LogP contribution in [-0.2, 0) is 19.1 Å². The summed E-state index contributed by atoms with van der Waals surface area (Å²) >= 11 is 0. The first-order valence-electron chi connectivity index (χ1n) is 9.23. The van der Waals surface area contributed by atoms with Crippen molar-refractivity contribution in [3.63, 3.8) is 0 Å². The summed E-state index contributed by atoms with van der Waals surface area (Å²) in [6.07, 6.45) is -7.53. The first kappa shape index (κ1) is 22.8. The maximum Gasteiger partial charge on any atom is 0.262 e. The van der Waals surface area contributed by atoms with Crippen LogP contribution in [0.4, 0.5) is 4.39 Å². The molecule has 0 aromatic heterocycles. The minimum absolute atomic E-state index is 0.150. The van der Waals surface area contributed by atoms with Gasteiger partial charge in [0.15, 0.2) is 28.6 Å². The second-order valence-electron chi connectivity index (χ2n) is 7.58. The molecular formula is C20H20FNO9. The lowest BCUT2D eigenvalue weighted by atomic mass is 9.65. The number of hydrogen-bond acceptors (Lipinski definition) is 9. The monoisotopic (exact) mass is 437 g/mol. The lowest BCUT2D eigenvalue weighted by Crippen LogP contribution is -2.83. The fourth-order valence-electron chi connectivity index (χ4n) is 4.17. The number of halogens is 1. The molecule has 10 nitrogen and oxygen atoms in total. The SMILES string of the molecule is CC(=O)C(O)[C@H]1O[C@H](F)[C@@H](N2C(=O)c3ccccc3C2=O)[C@](O)(C(C)=O)[C@@]1(O)C(C)=O. The van der Waals surface area contributed by atoms with Crippen LogP contribution in [0.3, 0.4) is 0 Å². The van der Waals surface area contributed by atoms with Crippen LogP contribution in [0.1, 0.15) is 41.5 Å². The highest BCUT2D eigenvalue weighted by Crippen LogP contribution is 2.45. The molecule has 166 valence electrons. The third-order valence-electron chi connectivity index (χ3n) is 5.83. The fraction of sp³-hybridized carbons (Fsp3) is 0.450. The zero-order valence-corrected chi connectivity index (χ0v) is 16.7. The Morgan fingerprint density at radius 1 is 1.00 bits per heavy atom. The number of aliphatic hydroxyl groups excluding tert-OH is 1. The van der Waals surface area contributed by atoms with Gasteiger partial charge in [-0.25, -0.2) is 4.39 Å². The number of fused-ring (bicyclic) bond motifs is 1. The molecular weight excluding hydrogens is 417 g/mol. The highest BCUT2D eigenvalue weighted by Gasteiger charge is 2.74. The van der Waals surface area contributed by atoms with Crippen LogP contribution in [0.5, 0.6) is 0 Å². The second kappa shape index (κ2) is 7.38. The molecule has 3 rings (SSSR count). The highest BCUT2D eigenvalue weighted by atomic mass is 19.1. The first-order valence-corrected chi connectivity index (χ1v) is 9.23. The van der Waals surface area contributed by atoms with Crippen molar-refractivity contribution in [3.05, 3.63) is 35.4 Å². The van der Waals surface area contributed by atoms with Gasteiger partial charge in [0, 0.05) is 0 Å². The Labute approximate surface area is 175 Å². The highest BCUT2D eigenvalue weighted by molar-refractivity contribution is 6.22. The number of nitrogens with zero attached hydrogens (tertiary/aromatic N) is 1. The van der Waals surface area contributed by atoms with Crippen molar-refractivity contribution in [2.24, 2.45) is 0 Å². The van der Waals surface area contributed by atoms with Crippen molar-refractivity contribution in [2.75, 3.05) is 0 Å². The van der Waals surface area contributed by atoms with E-state index < -0.39 is 65.0 Å². The maximum absolute atomic E-state index is 15.3. The normalized spacial score (nSPS) is 33.8. The molecule has 0 aliphatic carbocycles. The number of ketones is 3. The number of imide groups is 1. The minimum atomic E-state index is -3.44. The fourth-order valence-corrected chi connectivity index (χ4v) is 4.17. The summed E-state index contributed by atoms with van der Waals surface area (Å²) in [4.78, 5) is 62.6. The average Bonchev–Trinajstić information content (AvgIpc) is 2.95. The van der Waals surface area contributed by atoms with E-state index in [2.05, 4.69) is 0 Å². The molecule has 6 atom stereocenters. The number of hydrogen-bond donors (Lipinski definition) is 3. The summed E-state index contributed by atoms with van der Waals surface area (Å²) in [6.45, 7) is 2.27. The maximum atomic E-state index is 15.3. The molecule has 0 radical (unpaired) electrons. The summed E-state index contributed by atoms with van der Waals surface area (Å²) in [5, 5.41) is 32.7. The van der Waals surface area contributed by atoms with Crippen molar-refractivity contribution in [3.8, 4) is 0 Å². The number of alkyl halides is 1. The van der Waals surface area contributed by atoms with Gasteiger partial charge in [0.1, 0.15) is 18.2 Å². The first-order chi connectivity index (χ1) is 14.3. The predicted molar refractivity (Wildman–Crippen MR) is 98.4 cm³/mol. The van der Waals surface area contributed by atoms with E-state index in [0.717, 1.165) is 13.8 Å². The summed E-state index contributed by atoms with van der Waals surface area (Å²) in [5.74, 6) is -5.98. The second-order valence-corrected chi connectivity index (χ2v) is 7.58. The van der Waals surface area contributed by atoms with Gasteiger partial charge in [-0.15, -0.1) is 0 Å². The van der Waals surface area contributed by atoms with Crippen LogP contribution < -0.4 is 0 Å². The van der Waals surface area contributed by atoms with Gasteiger partial charge in [0.25, 0.3) is 11.8 Å². The molecule has 1 aromatic rings. The van der Waals surface area contributed by atoms with E-state index in [1.807, 2.05) is 0 Å². The van der Waals surface area contributed by atoms with Crippen LogP contribution >= 0.6 is 0 Å². The standard InChI is InChI=1S/C20H20FNO9/c1-8(23)13(26)15-20(30,10(3)25)19(29,9(2)24)14(16(21)31-15)22-17(27)11-6-4-5-7-12(11)18(22)28/h4-7,13-16,26,29-30H,1-3H3/t13?,14-,15-,16+,19-,20-/m1/s1. The van der Waals surface area contributed by atoms with Gasteiger partial charge in [-0.05, 0) is 32.9 Å². The predicted octanol–water partition coefficient (Wildman–Crippen LogP) is -1.06. The van der Waals surface area contributed by atoms with Crippen LogP contribution in [0, 0.1) is 0 Å². The van der Waals surface area contributed by atoms with E-state index in [4.69, 9.17) is 4.74 Å². The Kier molecular flexibility index (Phi) is 5.43. The number of benzene rings is 1. The number of aliphatic hydroxyl groups is 3. The molecule has 1 fully saturated rings. The molecule has 0 spiro atoms. The summed E-state index contributed by atoms with van der Waals surface area (Å²) < 4.78 is 20.2. The largest absolute Gasteiger partial charge is 0.382 e. The Balaban J connectivity index is 2.24. The molecule has 1 aromatic carbocycles. The Hall–Kier alpha value is -2.86. The number of carbonyl (C=O) groups excluding carboxylic acids is 5. The smallest absolute Gasteiger partial charge is 0.262 e. The van der Waals surface area contributed by atoms with E-state index >= 15 is 4.39 Å². The van der Waals surface area contributed by atoms with Crippen molar-refractivity contribution in [2.45, 2.75) is 56.6 Å². The molecule has 31 heavy (non-hydrogen) atoms. The molecule has 2 aliphatic heterocycles. The minimum Gasteiger partial charge on any atom is -0.382 e. The van der Waals surface area contributed by atoms with E-state index in [0.29, 0.717) is 6.92 Å². The number of Topliss-reactive ketones (excluding diaryl/α,β-unsaturated/α-hetero) is 3. The molecule has 3 N–H and O–H groups in total. The van der Waals surface area contributed by atoms with Crippen LogP contribution in [0.15, 0.2) is 24.3 Å². The zero-order valence-electron chi connectivity index (χ0n) is 16.7. The van der Waals surface area contributed by atoms with E-state index in [1.165, 1.54) is 24.3 Å². The quantitative estimate of drug-likeness (QED) is 0.488. The van der Waals surface area contributed by atoms with Crippen LogP contribution in [-0.4, -0.2) is 85.2 Å². The van der Waals surface area contributed by atoms with Crippen molar-refractivity contribution < 1.29 is 48.4 Å². The molecule has 0 saturated carbocycles. The molecule has 2 heterocycles. The van der Waals surface area contributed by atoms with Gasteiger partial charge in [0.2, 0.25) is 6.36 Å². The average molecular weight is 437 g/mol. The van der Waals surface area contributed by atoms with Gasteiger partial charge < -0.3 is 20.1 Å². The third kappa shape index (κ3) is 2.88. The van der Waals surface area contributed by atoms with E-state index in [1.54, 1.807) is 0 Å². The lowest BCUT2D eigenvalue weighted by molar-refractivity contribution is -0.305. The van der Waals surface area contributed by atoms with Crippen molar-refractivity contribution >= 4 is 29.2 Å². The molecule has 2 aliphatic rings. The van der Waals surface area contributed by atoms with Gasteiger partial charge in [0.05, 0.1) is 11.1 Å². The summed E-state index contributed by atoms with van der Waals surface area (Å²) in [7, 11) is 0. The lowest BCUT2D eigenvalue weighted by Gasteiger charge is -2.55. The van der Waals surface area contributed by atoms with Gasteiger partial charge in [-0.1, -0.05) is 12.1 Å². The van der Waals surface area contributed by atoms with Crippen molar-refractivity contribution in [1.82, 2.24) is 4.90 Å². The Morgan fingerprint density at radius 2 is 1.45 bits per heavy atom.